The third-order valence-corrected chi connectivity index (χ3v) is 11.4. The van der Waals surface area contributed by atoms with Gasteiger partial charge in [0.2, 0.25) is 0 Å². The fraction of sp³-hybridized carbons (Fsp3) is 0. The highest BCUT2D eigenvalue weighted by atomic mass is 16.3. The van der Waals surface area contributed by atoms with Gasteiger partial charge < -0.3 is 17.8 Å². The summed E-state index contributed by atoms with van der Waals surface area (Å²) in [5.74, 6) is 0. The molecule has 0 fully saturated rings. The molecule has 0 aliphatic carbocycles. The number of nitrogens with zero attached hydrogens (tertiary/aromatic N) is 2. The summed E-state index contributed by atoms with van der Waals surface area (Å²) >= 11 is 0. The first-order chi connectivity index (χ1) is 25.8. The van der Waals surface area contributed by atoms with Crippen LogP contribution in [0.4, 0.5) is 0 Å². The average Bonchev–Trinajstić information content (AvgIpc) is 4.00. The summed E-state index contributed by atoms with van der Waals surface area (Å²) in [4.78, 5) is 0. The van der Waals surface area contributed by atoms with Crippen LogP contribution < -0.4 is 0 Å². The van der Waals surface area contributed by atoms with Crippen molar-refractivity contribution < 1.29 is 8.83 Å². The highest BCUT2D eigenvalue weighted by Gasteiger charge is 2.26. The maximum Gasteiger partial charge on any atom is 0.160 e. The van der Waals surface area contributed by atoms with Gasteiger partial charge in [-0.05, 0) is 71.8 Å². The molecular weight excluding hydrogens is 637 g/mol. The molecule has 13 rings (SSSR count). The molecule has 0 aliphatic rings. The van der Waals surface area contributed by atoms with Crippen LogP contribution in [0, 0.1) is 0 Å². The van der Waals surface area contributed by atoms with Crippen LogP contribution in [0.1, 0.15) is 0 Å². The molecule has 52 heavy (non-hydrogen) atoms. The minimum Gasteiger partial charge on any atom is -0.454 e. The Labute approximate surface area is 295 Å². The largest absolute Gasteiger partial charge is 0.454 e. The van der Waals surface area contributed by atoms with Crippen LogP contribution in [0.25, 0.3) is 121 Å². The molecule has 0 saturated carbocycles. The highest BCUT2D eigenvalue weighted by molar-refractivity contribution is 6.32. The molecule has 8 aromatic carbocycles. The van der Waals surface area contributed by atoms with E-state index in [9.17, 15) is 0 Å². The lowest BCUT2D eigenvalue weighted by atomic mass is 9.95. The number of fused-ring (bicyclic) bond motifs is 17. The summed E-state index contributed by atoms with van der Waals surface area (Å²) < 4.78 is 18.3. The average molecular weight is 663 g/mol. The molecule has 0 radical (unpaired) electrons. The van der Waals surface area contributed by atoms with E-state index in [2.05, 4.69) is 155 Å². The lowest BCUT2D eigenvalue weighted by molar-refractivity contribution is 0.670. The second-order valence-corrected chi connectivity index (χ2v) is 14.0. The molecule has 5 aromatic heterocycles. The van der Waals surface area contributed by atoms with Crippen LogP contribution in [0.15, 0.2) is 167 Å². The quantitative estimate of drug-likeness (QED) is 0.185. The predicted molar refractivity (Wildman–Crippen MR) is 215 cm³/mol. The van der Waals surface area contributed by atoms with Gasteiger partial charge in [-0.3, -0.25) is 0 Å². The molecule has 5 heterocycles. The third-order valence-electron chi connectivity index (χ3n) is 11.4. The van der Waals surface area contributed by atoms with Crippen molar-refractivity contribution in [1.82, 2.24) is 8.97 Å². The molecule has 4 heteroatoms. The van der Waals surface area contributed by atoms with Gasteiger partial charge in [0, 0.05) is 59.5 Å². The van der Waals surface area contributed by atoms with Crippen LogP contribution in [-0.4, -0.2) is 8.97 Å². The molecule has 0 aliphatic heterocycles. The van der Waals surface area contributed by atoms with E-state index >= 15 is 0 Å². The molecule has 4 nitrogen and oxygen atoms in total. The molecule has 13 aromatic rings. The summed E-state index contributed by atoms with van der Waals surface area (Å²) in [6, 6.07) is 56.7. The number of hydrogen-bond acceptors (Lipinski definition) is 2. The van der Waals surface area contributed by atoms with Gasteiger partial charge in [-0.1, -0.05) is 97.1 Å². The first-order valence-electron chi connectivity index (χ1n) is 17.8. The van der Waals surface area contributed by atoms with Gasteiger partial charge in [-0.15, -0.1) is 0 Å². The topological polar surface area (TPSA) is 35.6 Å². The molecule has 0 atom stereocenters. The van der Waals surface area contributed by atoms with Crippen LogP contribution >= 0.6 is 0 Å². The van der Waals surface area contributed by atoms with E-state index in [4.69, 9.17) is 8.83 Å². The zero-order chi connectivity index (χ0) is 33.7. The van der Waals surface area contributed by atoms with Crippen molar-refractivity contribution in [2.45, 2.75) is 0 Å². The van der Waals surface area contributed by atoms with E-state index in [1.807, 2.05) is 12.1 Å². The van der Waals surface area contributed by atoms with Gasteiger partial charge in [-0.25, -0.2) is 0 Å². The first kappa shape index (κ1) is 26.8. The number of hydrogen-bond donors (Lipinski definition) is 0. The summed E-state index contributed by atoms with van der Waals surface area (Å²) in [6.07, 6.45) is 0. The molecule has 0 unspecified atom stereocenters. The summed E-state index contributed by atoms with van der Waals surface area (Å²) in [6.45, 7) is 0. The Hall–Kier alpha value is -7.04. The van der Waals surface area contributed by atoms with Crippen molar-refractivity contribution >= 4 is 104 Å². The molecule has 0 spiro atoms. The number of rotatable bonds is 2. The minimum atomic E-state index is 0.894. The number of benzene rings is 8. The number of aromatic nitrogens is 2. The van der Waals surface area contributed by atoms with Crippen molar-refractivity contribution in [3.05, 3.63) is 158 Å². The normalized spacial score (nSPS) is 12.6. The summed E-state index contributed by atoms with van der Waals surface area (Å²) in [5.41, 5.74) is 12.9. The Kier molecular flexibility index (Phi) is 4.83. The number of para-hydroxylation sites is 4. The number of furan rings is 2. The van der Waals surface area contributed by atoms with Crippen molar-refractivity contribution in [1.29, 1.82) is 0 Å². The molecule has 0 bridgehead atoms. The molecule has 240 valence electrons. The van der Waals surface area contributed by atoms with Crippen LogP contribution in [0.3, 0.4) is 0 Å². The maximum atomic E-state index is 6.76. The van der Waals surface area contributed by atoms with Crippen molar-refractivity contribution in [2.24, 2.45) is 0 Å². The molecule has 0 saturated heterocycles. The van der Waals surface area contributed by atoms with E-state index in [0.717, 1.165) is 60.6 Å². The highest BCUT2D eigenvalue weighted by Crippen LogP contribution is 2.48. The van der Waals surface area contributed by atoms with Gasteiger partial charge in [0.15, 0.2) is 11.2 Å². The fourth-order valence-corrected chi connectivity index (χ4v) is 9.32. The van der Waals surface area contributed by atoms with Crippen molar-refractivity contribution in [3.8, 4) is 16.8 Å². The SMILES string of the molecule is c1ccc(-n2c3ccccc3c3c(-c4cc5c6ccc7c8ccccc8oc7c6n6c5c(c4)c4ccc5c7ccccc7oc5c46)cccc32)cc1. The van der Waals surface area contributed by atoms with Crippen LogP contribution in [0.2, 0.25) is 0 Å². The van der Waals surface area contributed by atoms with Gasteiger partial charge >= 0.3 is 0 Å². The zero-order valence-electron chi connectivity index (χ0n) is 27.7. The van der Waals surface area contributed by atoms with Gasteiger partial charge in [-0.2, -0.15) is 0 Å². The lowest BCUT2D eigenvalue weighted by Crippen LogP contribution is -1.92. The van der Waals surface area contributed by atoms with E-state index in [-0.39, 0.29) is 0 Å². The molecular formula is C48H26N2O2. The van der Waals surface area contributed by atoms with Crippen molar-refractivity contribution in [3.63, 3.8) is 0 Å². The Morgan fingerprint density at radius 1 is 0.365 bits per heavy atom. The van der Waals surface area contributed by atoms with Gasteiger partial charge in [0.25, 0.3) is 0 Å². The molecule has 0 N–H and O–H groups in total. The smallest absolute Gasteiger partial charge is 0.160 e. The predicted octanol–water partition coefficient (Wildman–Crippen LogP) is 13.4. The summed E-state index contributed by atoms with van der Waals surface area (Å²) in [5, 5.41) is 11.7. The van der Waals surface area contributed by atoms with Gasteiger partial charge in [0.05, 0.1) is 27.6 Å². The Morgan fingerprint density at radius 2 is 0.904 bits per heavy atom. The third kappa shape index (κ3) is 3.19. The molecule has 0 amide bonds. The fourth-order valence-electron chi connectivity index (χ4n) is 9.32. The van der Waals surface area contributed by atoms with Crippen molar-refractivity contribution in [2.75, 3.05) is 0 Å². The standard InChI is InChI=1S/C48H26N2O2/c1-2-11-28(12-3-1)49-39-17-7-4-15-36(39)43-29(16-10-18-40(43)49)27-25-37-32-21-23-34-30-13-5-8-19-41(30)51-47(34)45(32)50-44(37)38(26-27)33-22-24-35-31-14-6-9-20-42(31)52-48(35)46(33)50/h1-26H. The van der Waals surface area contributed by atoms with Crippen LogP contribution in [0.5, 0.6) is 0 Å². The Bertz CT molecular complexity index is 3470. The Balaban J connectivity index is 1.23. The maximum absolute atomic E-state index is 6.76. The van der Waals surface area contributed by atoms with E-state index < -0.39 is 0 Å². The second kappa shape index (κ2) is 9.39. The monoisotopic (exact) mass is 662 g/mol. The van der Waals surface area contributed by atoms with E-state index in [0.29, 0.717) is 0 Å². The van der Waals surface area contributed by atoms with E-state index in [1.165, 1.54) is 60.0 Å². The second-order valence-electron chi connectivity index (χ2n) is 14.0. The minimum absolute atomic E-state index is 0.894. The Morgan fingerprint density at radius 3 is 1.56 bits per heavy atom. The summed E-state index contributed by atoms with van der Waals surface area (Å²) in [7, 11) is 0. The lowest BCUT2D eigenvalue weighted by Gasteiger charge is -2.09. The van der Waals surface area contributed by atoms with Gasteiger partial charge in [0.1, 0.15) is 11.2 Å². The van der Waals surface area contributed by atoms with E-state index in [1.54, 1.807) is 0 Å². The first-order valence-corrected chi connectivity index (χ1v) is 17.8. The zero-order valence-corrected chi connectivity index (χ0v) is 27.7. The van der Waals surface area contributed by atoms with Crippen LogP contribution in [-0.2, 0) is 0 Å².